The number of aromatic nitrogens is 2. The minimum Gasteiger partial charge on any atom is -0.490 e. The van der Waals surface area contributed by atoms with Crippen molar-refractivity contribution in [3.05, 3.63) is 58.5 Å². The zero-order valence-corrected chi connectivity index (χ0v) is 9.95. The Hall–Kier alpha value is -2.14. The predicted octanol–water partition coefficient (Wildman–Crippen LogP) is 0.629. The molecule has 0 fully saturated rings. The van der Waals surface area contributed by atoms with Gasteiger partial charge in [-0.2, -0.15) is 5.10 Å². The molecule has 5 nitrogen and oxygen atoms in total. The van der Waals surface area contributed by atoms with Gasteiger partial charge in [0.2, 0.25) is 0 Å². The van der Waals surface area contributed by atoms with Crippen molar-refractivity contribution >= 4 is 0 Å². The summed E-state index contributed by atoms with van der Waals surface area (Å²) in [5.41, 5.74) is 6.16. The molecule has 2 N–H and O–H groups in total. The largest absolute Gasteiger partial charge is 0.490 e. The van der Waals surface area contributed by atoms with Gasteiger partial charge in [0.1, 0.15) is 12.4 Å². The van der Waals surface area contributed by atoms with Crippen LogP contribution < -0.4 is 16.0 Å². The third kappa shape index (κ3) is 3.18. The van der Waals surface area contributed by atoms with Crippen molar-refractivity contribution in [2.75, 3.05) is 13.2 Å². The molecule has 0 aliphatic rings. The zero-order chi connectivity index (χ0) is 12.8. The second-order valence-corrected chi connectivity index (χ2v) is 3.81. The second-order valence-electron chi connectivity index (χ2n) is 3.81. The molecule has 2 rings (SSSR count). The molecule has 0 radical (unpaired) electrons. The molecular formula is C13H15N3O2. The number of ether oxygens (including phenoxy) is 1. The summed E-state index contributed by atoms with van der Waals surface area (Å²) in [6.07, 6.45) is 1.53. The highest BCUT2D eigenvalue weighted by atomic mass is 16.5. The highest BCUT2D eigenvalue weighted by molar-refractivity contribution is 5.17. The van der Waals surface area contributed by atoms with Crippen LogP contribution >= 0.6 is 0 Å². The maximum Gasteiger partial charge on any atom is 0.270 e. The highest BCUT2D eigenvalue weighted by Gasteiger charge is 2.01. The molecule has 0 saturated heterocycles. The summed E-state index contributed by atoms with van der Waals surface area (Å²) in [5, 5.41) is 4.06. The molecule has 0 unspecified atom stereocenters. The molecule has 1 aromatic carbocycles. The molecule has 0 saturated carbocycles. The molecule has 1 heterocycles. The van der Waals surface area contributed by atoms with E-state index in [1.165, 1.54) is 16.9 Å². The van der Waals surface area contributed by atoms with Crippen molar-refractivity contribution in [3.63, 3.8) is 0 Å². The van der Waals surface area contributed by atoms with Gasteiger partial charge in [0.15, 0.2) is 0 Å². The molecule has 0 amide bonds. The van der Waals surface area contributed by atoms with Gasteiger partial charge in [-0.05, 0) is 5.56 Å². The van der Waals surface area contributed by atoms with Crippen LogP contribution in [0.5, 0.6) is 5.75 Å². The lowest BCUT2D eigenvalue weighted by Crippen LogP contribution is -2.23. The van der Waals surface area contributed by atoms with Crippen molar-refractivity contribution in [3.8, 4) is 5.75 Å². The minimum atomic E-state index is -0.187. The second kappa shape index (κ2) is 5.97. The monoisotopic (exact) mass is 245 g/mol. The first kappa shape index (κ1) is 12.3. The summed E-state index contributed by atoms with van der Waals surface area (Å²) in [5.74, 6) is 0.453. The van der Waals surface area contributed by atoms with E-state index >= 15 is 0 Å². The number of nitrogens with two attached hydrogens (primary N) is 1. The molecule has 0 spiro atoms. The van der Waals surface area contributed by atoms with Crippen molar-refractivity contribution in [1.82, 2.24) is 9.78 Å². The number of nitrogens with zero attached hydrogens (tertiary/aromatic N) is 2. The Bertz CT molecular complexity index is 552. The Morgan fingerprint density at radius 3 is 2.72 bits per heavy atom. The van der Waals surface area contributed by atoms with Gasteiger partial charge in [-0.15, -0.1) is 0 Å². The number of rotatable bonds is 5. The van der Waals surface area contributed by atoms with Crippen LogP contribution in [0, 0.1) is 0 Å². The minimum absolute atomic E-state index is 0.187. The fourth-order valence-corrected chi connectivity index (χ4v) is 1.55. The number of benzene rings is 1. The Labute approximate surface area is 105 Å². The van der Waals surface area contributed by atoms with Gasteiger partial charge in [0.05, 0.1) is 12.7 Å². The first-order valence-corrected chi connectivity index (χ1v) is 5.73. The third-order valence-electron chi connectivity index (χ3n) is 2.41. The topological polar surface area (TPSA) is 70.1 Å². The van der Waals surface area contributed by atoms with E-state index in [2.05, 4.69) is 5.10 Å². The number of hydrogen-bond acceptors (Lipinski definition) is 4. The summed E-state index contributed by atoms with van der Waals surface area (Å²) in [6.45, 7) is 1.24. The molecular weight excluding hydrogens is 230 g/mol. The summed E-state index contributed by atoms with van der Waals surface area (Å²) >= 11 is 0. The van der Waals surface area contributed by atoms with Crippen molar-refractivity contribution in [2.24, 2.45) is 5.73 Å². The van der Waals surface area contributed by atoms with E-state index in [0.717, 1.165) is 5.56 Å². The van der Waals surface area contributed by atoms with Crippen LogP contribution in [0.3, 0.4) is 0 Å². The zero-order valence-electron chi connectivity index (χ0n) is 9.95. The van der Waals surface area contributed by atoms with Crippen LogP contribution in [0.1, 0.15) is 5.56 Å². The molecule has 18 heavy (non-hydrogen) atoms. The highest BCUT2D eigenvalue weighted by Crippen LogP contribution is 2.04. The van der Waals surface area contributed by atoms with Gasteiger partial charge in [0.25, 0.3) is 5.56 Å². The van der Waals surface area contributed by atoms with Gasteiger partial charge < -0.3 is 10.5 Å². The maximum atomic E-state index is 11.8. The van der Waals surface area contributed by atoms with E-state index in [1.54, 1.807) is 0 Å². The fourth-order valence-electron chi connectivity index (χ4n) is 1.55. The maximum absolute atomic E-state index is 11.8. The molecule has 94 valence electrons. The molecule has 0 aliphatic carbocycles. The third-order valence-corrected chi connectivity index (χ3v) is 2.41. The lowest BCUT2D eigenvalue weighted by atomic mass is 10.2. The SMILES string of the molecule is NCCOc1cnn(Cc2ccccc2)c(=O)c1. The average molecular weight is 245 g/mol. The van der Waals surface area contributed by atoms with Crippen LogP contribution in [-0.4, -0.2) is 22.9 Å². The first-order valence-electron chi connectivity index (χ1n) is 5.73. The quantitative estimate of drug-likeness (QED) is 0.838. The van der Waals surface area contributed by atoms with Gasteiger partial charge in [-0.3, -0.25) is 4.79 Å². The van der Waals surface area contributed by atoms with E-state index in [-0.39, 0.29) is 5.56 Å². The molecule has 5 heteroatoms. The Morgan fingerprint density at radius 1 is 1.28 bits per heavy atom. The Balaban J connectivity index is 2.13. The van der Waals surface area contributed by atoms with Crippen LogP contribution in [0.25, 0.3) is 0 Å². The molecule has 0 atom stereocenters. The standard InChI is InChI=1S/C13H15N3O2/c14-6-7-18-12-8-13(17)16(15-9-12)10-11-4-2-1-3-5-11/h1-5,8-9H,6-7,10,14H2. The molecule has 2 aromatic rings. The van der Waals surface area contributed by atoms with Crippen molar-refractivity contribution in [1.29, 1.82) is 0 Å². The van der Waals surface area contributed by atoms with Gasteiger partial charge in [-0.1, -0.05) is 30.3 Å². The van der Waals surface area contributed by atoms with E-state index in [1.807, 2.05) is 30.3 Å². The predicted molar refractivity (Wildman–Crippen MR) is 68.6 cm³/mol. The lowest BCUT2D eigenvalue weighted by molar-refractivity contribution is 0.324. The Kier molecular flexibility index (Phi) is 4.09. The smallest absolute Gasteiger partial charge is 0.270 e. The van der Waals surface area contributed by atoms with Gasteiger partial charge >= 0.3 is 0 Å². The van der Waals surface area contributed by atoms with E-state index in [0.29, 0.717) is 25.4 Å². The van der Waals surface area contributed by atoms with E-state index < -0.39 is 0 Å². The summed E-state index contributed by atoms with van der Waals surface area (Å²) < 4.78 is 6.63. The van der Waals surface area contributed by atoms with Gasteiger partial charge in [-0.25, -0.2) is 4.68 Å². The summed E-state index contributed by atoms with van der Waals surface area (Å²) in [4.78, 5) is 11.8. The summed E-state index contributed by atoms with van der Waals surface area (Å²) in [6, 6.07) is 11.1. The average Bonchev–Trinajstić information content (AvgIpc) is 2.40. The van der Waals surface area contributed by atoms with Crippen LogP contribution in [0.15, 0.2) is 47.4 Å². The fraction of sp³-hybridized carbons (Fsp3) is 0.231. The van der Waals surface area contributed by atoms with E-state index in [4.69, 9.17) is 10.5 Å². The summed E-state index contributed by atoms with van der Waals surface area (Å²) in [7, 11) is 0. The van der Waals surface area contributed by atoms with E-state index in [9.17, 15) is 4.79 Å². The van der Waals surface area contributed by atoms with Crippen LogP contribution in [0.4, 0.5) is 0 Å². The first-order chi connectivity index (χ1) is 8.79. The van der Waals surface area contributed by atoms with Gasteiger partial charge in [0, 0.05) is 12.6 Å². The Morgan fingerprint density at radius 2 is 2.06 bits per heavy atom. The van der Waals surface area contributed by atoms with Crippen molar-refractivity contribution < 1.29 is 4.74 Å². The van der Waals surface area contributed by atoms with Crippen LogP contribution in [0.2, 0.25) is 0 Å². The lowest BCUT2D eigenvalue weighted by Gasteiger charge is -2.07. The van der Waals surface area contributed by atoms with Crippen LogP contribution in [-0.2, 0) is 6.54 Å². The molecule has 1 aromatic heterocycles. The number of hydrogen-bond donors (Lipinski definition) is 1. The van der Waals surface area contributed by atoms with Crippen molar-refractivity contribution in [2.45, 2.75) is 6.54 Å². The molecule has 0 aliphatic heterocycles. The normalized spacial score (nSPS) is 10.3. The molecule has 0 bridgehead atoms.